The highest BCUT2D eigenvalue weighted by Crippen LogP contribution is 2.28. The Hall–Kier alpha value is -2.10. The van der Waals surface area contributed by atoms with E-state index >= 15 is 0 Å². The van der Waals surface area contributed by atoms with Gasteiger partial charge in [0.2, 0.25) is 0 Å². The third-order valence-electron chi connectivity index (χ3n) is 4.14. The molecule has 0 N–H and O–H groups in total. The molecule has 0 aromatic heterocycles. The molecule has 0 aliphatic carbocycles. The van der Waals surface area contributed by atoms with E-state index in [9.17, 15) is 9.18 Å². The van der Waals surface area contributed by atoms with Crippen molar-refractivity contribution in [1.82, 2.24) is 4.90 Å². The maximum atomic E-state index is 13.9. The van der Waals surface area contributed by atoms with E-state index in [2.05, 4.69) is 26.9 Å². The maximum Gasteiger partial charge on any atom is 0.257 e. The number of nitrogens with zero attached hydrogens (tertiary/aromatic N) is 3. The Morgan fingerprint density at radius 3 is 2.52 bits per heavy atom. The first-order valence-corrected chi connectivity index (χ1v) is 8.85. The van der Waals surface area contributed by atoms with Crippen LogP contribution in [-0.2, 0) is 0 Å². The van der Waals surface area contributed by atoms with Gasteiger partial charge in [-0.05, 0) is 52.3 Å². The van der Waals surface area contributed by atoms with Crippen molar-refractivity contribution in [2.45, 2.75) is 0 Å². The normalized spacial score (nSPS) is 14.3. The minimum absolute atomic E-state index is 0.000466. The number of benzene rings is 2. The van der Waals surface area contributed by atoms with E-state index in [0.717, 1.165) is 10.2 Å². The summed E-state index contributed by atoms with van der Waals surface area (Å²) in [6, 6.07) is 11.5. The Bertz CT molecular complexity index is 860. The molecule has 128 valence electrons. The highest BCUT2D eigenvalue weighted by atomic mass is 79.9. The zero-order chi connectivity index (χ0) is 18.0. The van der Waals surface area contributed by atoms with E-state index in [-0.39, 0.29) is 11.5 Å². The van der Waals surface area contributed by atoms with Gasteiger partial charge in [0.25, 0.3) is 5.91 Å². The largest absolute Gasteiger partial charge is 0.367 e. The fourth-order valence-corrected chi connectivity index (χ4v) is 3.62. The lowest BCUT2D eigenvalue weighted by Crippen LogP contribution is -2.49. The van der Waals surface area contributed by atoms with Gasteiger partial charge in [-0.2, -0.15) is 5.26 Å². The number of carbonyl (C=O) groups is 1. The van der Waals surface area contributed by atoms with Gasteiger partial charge in [-0.1, -0.05) is 11.6 Å². The molecular weight excluding hydrogens is 409 g/mol. The predicted octanol–water partition coefficient (Wildman–Crippen LogP) is 4.08. The molecule has 1 aliphatic rings. The number of carbonyl (C=O) groups excluding carboxylic acids is 1. The molecule has 25 heavy (non-hydrogen) atoms. The summed E-state index contributed by atoms with van der Waals surface area (Å²) in [5, 5.41) is 9.28. The monoisotopic (exact) mass is 421 g/mol. The number of hydrogen-bond acceptors (Lipinski definition) is 3. The second kappa shape index (κ2) is 7.42. The molecule has 1 aliphatic heterocycles. The van der Waals surface area contributed by atoms with Crippen LogP contribution in [0.15, 0.2) is 40.9 Å². The van der Waals surface area contributed by atoms with Crippen LogP contribution < -0.4 is 4.90 Å². The second-order valence-electron chi connectivity index (χ2n) is 5.68. The van der Waals surface area contributed by atoms with Crippen molar-refractivity contribution in [1.29, 1.82) is 5.26 Å². The van der Waals surface area contributed by atoms with Gasteiger partial charge in [-0.25, -0.2) is 4.39 Å². The average molecular weight is 423 g/mol. The van der Waals surface area contributed by atoms with Crippen LogP contribution in [0.5, 0.6) is 0 Å². The highest BCUT2D eigenvalue weighted by Gasteiger charge is 2.25. The van der Waals surface area contributed by atoms with Crippen LogP contribution >= 0.6 is 27.5 Å². The number of rotatable bonds is 2. The number of amides is 1. The molecule has 0 unspecified atom stereocenters. The van der Waals surface area contributed by atoms with Gasteiger partial charge in [-0.3, -0.25) is 4.79 Å². The van der Waals surface area contributed by atoms with Crippen molar-refractivity contribution in [3.63, 3.8) is 0 Å². The van der Waals surface area contributed by atoms with Gasteiger partial charge < -0.3 is 9.80 Å². The summed E-state index contributed by atoms with van der Waals surface area (Å²) >= 11 is 9.36. The molecule has 2 aromatic rings. The van der Waals surface area contributed by atoms with Gasteiger partial charge in [0, 0.05) is 35.7 Å². The van der Waals surface area contributed by atoms with Gasteiger partial charge in [0.05, 0.1) is 22.9 Å². The fourth-order valence-electron chi connectivity index (χ4n) is 2.82. The zero-order valence-corrected chi connectivity index (χ0v) is 15.5. The standard InChI is InChI=1S/C18H14BrClFN3O/c19-15-9-12(11-22)1-4-17(15)23-5-7-24(8-6-23)18(25)14-10-13(20)2-3-16(14)21/h1-4,9-10H,5-8H2. The van der Waals surface area contributed by atoms with Crippen molar-refractivity contribution in [2.75, 3.05) is 31.1 Å². The van der Waals surface area contributed by atoms with Crippen molar-refractivity contribution in [2.24, 2.45) is 0 Å². The van der Waals surface area contributed by atoms with Crippen LogP contribution in [0.4, 0.5) is 10.1 Å². The average Bonchev–Trinajstić information content (AvgIpc) is 2.63. The van der Waals surface area contributed by atoms with Gasteiger partial charge in [0.15, 0.2) is 0 Å². The van der Waals surface area contributed by atoms with Crippen LogP contribution in [0, 0.1) is 17.1 Å². The molecule has 3 rings (SSSR count). The molecule has 7 heteroatoms. The third-order valence-corrected chi connectivity index (χ3v) is 5.01. The van der Waals surface area contributed by atoms with Crippen LogP contribution in [0.3, 0.4) is 0 Å². The Balaban J connectivity index is 1.71. The summed E-state index contributed by atoms with van der Waals surface area (Å²) in [4.78, 5) is 16.3. The molecule has 0 atom stereocenters. The SMILES string of the molecule is N#Cc1ccc(N2CCN(C(=O)c3cc(Cl)ccc3F)CC2)c(Br)c1. The Kier molecular flexibility index (Phi) is 5.26. The van der Waals surface area contributed by atoms with E-state index < -0.39 is 5.82 Å². The zero-order valence-electron chi connectivity index (χ0n) is 13.2. The molecule has 4 nitrogen and oxygen atoms in total. The molecule has 1 saturated heterocycles. The van der Waals surface area contributed by atoms with Gasteiger partial charge in [-0.15, -0.1) is 0 Å². The summed E-state index contributed by atoms with van der Waals surface area (Å²) in [6.45, 7) is 2.21. The van der Waals surface area contributed by atoms with E-state index in [4.69, 9.17) is 16.9 Å². The summed E-state index contributed by atoms with van der Waals surface area (Å²) in [7, 11) is 0. The molecule has 0 bridgehead atoms. The first-order chi connectivity index (χ1) is 12.0. The molecule has 2 aromatic carbocycles. The summed E-state index contributed by atoms with van der Waals surface area (Å²) < 4.78 is 14.7. The lowest BCUT2D eigenvalue weighted by Gasteiger charge is -2.36. The van der Waals surface area contributed by atoms with Crippen LogP contribution in [0.1, 0.15) is 15.9 Å². The predicted molar refractivity (Wildman–Crippen MR) is 98.4 cm³/mol. The Morgan fingerprint density at radius 1 is 1.16 bits per heavy atom. The maximum absolute atomic E-state index is 13.9. The number of anilines is 1. The van der Waals surface area contributed by atoms with E-state index in [1.807, 2.05) is 6.07 Å². The molecule has 0 radical (unpaired) electrons. The summed E-state index contributed by atoms with van der Waals surface area (Å²) in [5.74, 6) is -0.912. The molecule has 1 amide bonds. The number of hydrogen-bond donors (Lipinski definition) is 0. The molecule has 0 spiro atoms. The first kappa shape index (κ1) is 17.7. The van der Waals surface area contributed by atoms with Crippen LogP contribution in [0.25, 0.3) is 0 Å². The second-order valence-corrected chi connectivity index (χ2v) is 6.97. The molecule has 0 saturated carbocycles. The highest BCUT2D eigenvalue weighted by molar-refractivity contribution is 9.10. The number of halogens is 3. The van der Waals surface area contributed by atoms with E-state index in [1.54, 1.807) is 17.0 Å². The van der Waals surface area contributed by atoms with E-state index in [1.165, 1.54) is 18.2 Å². The van der Waals surface area contributed by atoms with Crippen molar-refractivity contribution in [3.8, 4) is 6.07 Å². The number of nitriles is 1. The lowest BCUT2D eigenvalue weighted by molar-refractivity contribution is 0.0742. The third kappa shape index (κ3) is 3.78. The van der Waals surface area contributed by atoms with Gasteiger partial charge in [0.1, 0.15) is 5.82 Å². The first-order valence-electron chi connectivity index (χ1n) is 7.68. The lowest BCUT2D eigenvalue weighted by atomic mass is 10.1. The van der Waals surface area contributed by atoms with Crippen molar-refractivity contribution in [3.05, 3.63) is 62.8 Å². The topological polar surface area (TPSA) is 47.3 Å². The van der Waals surface area contributed by atoms with E-state index in [0.29, 0.717) is 36.8 Å². The minimum Gasteiger partial charge on any atom is -0.367 e. The molecule has 1 fully saturated rings. The van der Waals surface area contributed by atoms with Crippen molar-refractivity contribution < 1.29 is 9.18 Å². The van der Waals surface area contributed by atoms with Crippen LogP contribution in [-0.4, -0.2) is 37.0 Å². The van der Waals surface area contributed by atoms with Crippen LogP contribution in [0.2, 0.25) is 5.02 Å². The number of piperazine rings is 1. The smallest absolute Gasteiger partial charge is 0.257 e. The minimum atomic E-state index is -0.563. The molecule has 1 heterocycles. The quantitative estimate of drug-likeness (QED) is 0.733. The Labute approximate surface area is 158 Å². The van der Waals surface area contributed by atoms with Gasteiger partial charge >= 0.3 is 0 Å². The molecular formula is C18H14BrClFN3O. The Morgan fingerprint density at radius 2 is 1.88 bits per heavy atom. The van der Waals surface area contributed by atoms with Crippen molar-refractivity contribution >= 4 is 39.1 Å². The fraction of sp³-hybridized carbons (Fsp3) is 0.222. The summed E-state index contributed by atoms with van der Waals surface area (Å²) in [5.41, 5.74) is 1.56. The summed E-state index contributed by atoms with van der Waals surface area (Å²) in [6.07, 6.45) is 0.